The molecule has 1 saturated heterocycles. The molecule has 1 saturated carbocycles. The van der Waals surface area contributed by atoms with Crippen LogP contribution in [0.4, 0.5) is 0 Å². The molecule has 4 rings (SSSR count). The van der Waals surface area contributed by atoms with Gasteiger partial charge in [-0.05, 0) is 50.3 Å². The van der Waals surface area contributed by atoms with Crippen LogP contribution in [0.2, 0.25) is 0 Å². The van der Waals surface area contributed by atoms with E-state index in [1.165, 1.54) is 24.2 Å². The smallest absolute Gasteiger partial charge is 0.265 e. The van der Waals surface area contributed by atoms with E-state index in [0.29, 0.717) is 10.9 Å². The molecule has 126 valence electrons. The molecule has 1 aliphatic carbocycles. The first-order chi connectivity index (χ1) is 11.8. The molecule has 0 spiro atoms. The van der Waals surface area contributed by atoms with E-state index in [0.717, 1.165) is 49.1 Å². The van der Waals surface area contributed by atoms with Gasteiger partial charge in [0.2, 0.25) is 0 Å². The number of hydrogen-bond donors (Lipinski definition) is 1. The van der Waals surface area contributed by atoms with E-state index >= 15 is 0 Å². The summed E-state index contributed by atoms with van der Waals surface area (Å²) in [6.45, 7) is 2.82. The Kier molecular flexibility index (Phi) is 4.58. The van der Waals surface area contributed by atoms with Gasteiger partial charge in [-0.2, -0.15) is 0 Å². The fourth-order valence-corrected chi connectivity index (χ4v) is 3.94. The molecule has 1 aliphatic heterocycles. The second kappa shape index (κ2) is 6.99. The fraction of sp³-hybridized carbons (Fsp3) is 0.500. The summed E-state index contributed by atoms with van der Waals surface area (Å²) in [5.74, 6) is 1.02. The summed E-state index contributed by atoms with van der Waals surface area (Å²) in [7, 11) is 0. The van der Waals surface area contributed by atoms with Crippen molar-refractivity contribution in [3.63, 3.8) is 0 Å². The van der Waals surface area contributed by atoms with Gasteiger partial charge < -0.3 is 10.2 Å². The third-order valence-corrected chi connectivity index (χ3v) is 5.78. The minimum Gasteiger partial charge on any atom is -0.338 e. The van der Waals surface area contributed by atoms with Crippen molar-refractivity contribution >= 4 is 17.2 Å². The molecule has 2 aromatic rings. The molecule has 3 heterocycles. The van der Waals surface area contributed by atoms with Crippen LogP contribution < -0.4 is 5.32 Å². The summed E-state index contributed by atoms with van der Waals surface area (Å²) in [5.41, 5.74) is 0.824. The van der Waals surface area contributed by atoms with Crippen molar-refractivity contribution in [3.8, 4) is 10.7 Å². The summed E-state index contributed by atoms with van der Waals surface area (Å²) >= 11 is 1.43. The number of hydrogen-bond acceptors (Lipinski definition) is 5. The highest BCUT2D eigenvalue weighted by Gasteiger charge is 2.27. The van der Waals surface area contributed by atoms with Gasteiger partial charge in [-0.3, -0.25) is 9.78 Å². The van der Waals surface area contributed by atoms with Gasteiger partial charge in [0.05, 0.1) is 11.9 Å². The second-order valence-corrected chi connectivity index (χ2v) is 7.69. The molecule has 6 heteroatoms. The van der Waals surface area contributed by atoms with Gasteiger partial charge in [0, 0.05) is 25.3 Å². The van der Waals surface area contributed by atoms with Crippen LogP contribution in [0.1, 0.15) is 35.4 Å². The highest BCUT2D eigenvalue weighted by molar-refractivity contribution is 7.16. The molecule has 0 bridgehead atoms. The first kappa shape index (κ1) is 15.7. The number of carbonyl (C=O) groups is 1. The Morgan fingerprint density at radius 3 is 2.75 bits per heavy atom. The van der Waals surface area contributed by atoms with E-state index in [1.807, 2.05) is 23.1 Å². The van der Waals surface area contributed by atoms with Crippen molar-refractivity contribution in [1.29, 1.82) is 0 Å². The summed E-state index contributed by atoms with van der Waals surface area (Å²) < 4.78 is 0. The molecule has 0 unspecified atom stereocenters. The van der Waals surface area contributed by atoms with E-state index in [4.69, 9.17) is 0 Å². The third-order valence-electron chi connectivity index (χ3n) is 4.77. The lowest BCUT2D eigenvalue weighted by atomic mass is 10.0. The number of thiazole rings is 1. The van der Waals surface area contributed by atoms with Gasteiger partial charge in [0.25, 0.3) is 5.91 Å². The maximum absolute atomic E-state index is 12.7. The molecule has 2 aromatic heterocycles. The van der Waals surface area contributed by atoms with Crippen LogP contribution in [-0.4, -0.2) is 46.5 Å². The van der Waals surface area contributed by atoms with Crippen molar-refractivity contribution in [2.45, 2.75) is 31.7 Å². The lowest BCUT2D eigenvalue weighted by Crippen LogP contribution is -2.45. The van der Waals surface area contributed by atoms with Gasteiger partial charge in [-0.25, -0.2) is 4.98 Å². The van der Waals surface area contributed by atoms with Gasteiger partial charge >= 0.3 is 0 Å². The highest BCUT2D eigenvalue weighted by atomic mass is 32.1. The fourth-order valence-electron chi connectivity index (χ4n) is 3.08. The molecule has 2 fully saturated rings. The van der Waals surface area contributed by atoms with E-state index in [1.54, 1.807) is 12.4 Å². The molecule has 1 amide bonds. The van der Waals surface area contributed by atoms with E-state index < -0.39 is 0 Å². The number of nitrogens with zero attached hydrogens (tertiary/aromatic N) is 3. The minimum absolute atomic E-state index is 0.107. The van der Waals surface area contributed by atoms with Gasteiger partial charge in [-0.15, -0.1) is 11.3 Å². The zero-order valence-electron chi connectivity index (χ0n) is 13.6. The number of carbonyl (C=O) groups excluding carboxylic acids is 1. The van der Waals surface area contributed by atoms with Crippen molar-refractivity contribution in [3.05, 3.63) is 35.5 Å². The summed E-state index contributed by atoms with van der Waals surface area (Å²) in [6.07, 6.45) is 8.30. The predicted molar refractivity (Wildman–Crippen MR) is 95.0 cm³/mol. The van der Waals surface area contributed by atoms with E-state index in [9.17, 15) is 4.79 Å². The molecule has 5 nitrogen and oxygen atoms in total. The summed E-state index contributed by atoms with van der Waals surface area (Å²) in [6, 6.07) is 6.31. The highest BCUT2D eigenvalue weighted by Crippen LogP contribution is 2.28. The van der Waals surface area contributed by atoms with E-state index in [2.05, 4.69) is 15.3 Å². The van der Waals surface area contributed by atoms with Crippen LogP contribution in [0.15, 0.2) is 30.6 Å². The second-order valence-electron chi connectivity index (χ2n) is 6.66. The average molecular weight is 342 g/mol. The molecular formula is C18H22N4OS. The summed E-state index contributed by atoms with van der Waals surface area (Å²) in [4.78, 5) is 24.0. The Bertz CT molecular complexity index is 690. The Labute approximate surface area is 146 Å². The lowest BCUT2D eigenvalue weighted by molar-refractivity contribution is 0.0709. The van der Waals surface area contributed by atoms with Crippen molar-refractivity contribution in [1.82, 2.24) is 20.2 Å². The van der Waals surface area contributed by atoms with Crippen molar-refractivity contribution < 1.29 is 4.79 Å². The standard InChI is InChI=1S/C18H22N4OS/c23-18(16-12-21-17(24-16)15-3-1-2-8-19-15)22-9-6-14(7-10-22)20-11-13-4-5-13/h1-3,8,12-14,20H,4-7,9-11H2. The summed E-state index contributed by atoms with van der Waals surface area (Å²) in [5, 5.41) is 4.46. The Hall–Kier alpha value is -1.79. The SMILES string of the molecule is O=C(c1cnc(-c2ccccn2)s1)N1CCC(NCC2CC2)CC1. The zero-order chi connectivity index (χ0) is 16.4. The first-order valence-corrected chi connectivity index (χ1v) is 9.51. The zero-order valence-corrected chi connectivity index (χ0v) is 14.5. The molecule has 0 atom stereocenters. The number of nitrogens with one attached hydrogen (secondary N) is 1. The molecular weight excluding hydrogens is 320 g/mol. The number of aromatic nitrogens is 2. The Morgan fingerprint density at radius 1 is 1.21 bits per heavy atom. The third kappa shape index (κ3) is 3.65. The van der Waals surface area contributed by atoms with Crippen molar-refractivity contribution in [2.24, 2.45) is 5.92 Å². The molecule has 24 heavy (non-hydrogen) atoms. The number of piperidine rings is 1. The average Bonchev–Trinajstić information content (AvgIpc) is 3.34. The number of rotatable bonds is 5. The molecule has 0 aromatic carbocycles. The van der Waals surface area contributed by atoms with Crippen LogP contribution in [0.25, 0.3) is 10.7 Å². The normalized spacial score (nSPS) is 18.8. The van der Waals surface area contributed by atoms with Crippen LogP contribution in [-0.2, 0) is 0 Å². The van der Waals surface area contributed by atoms with Crippen molar-refractivity contribution in [2.75, 3.05) is 19.6 Å². The monoisotopic (exact) mass is 342 g/mol. The maximum Gasteiger partial charge on any atom is 0.265 e. The predicted octanol–water partition coefficient (Wildman–Crippen LogP) is 2.81. The lowest BCUT2D eigenvalue weighted by Gasteiger charge is -2.32. The van der Waals surface area contributed by atoms with Crippen LogP contribution in [0.5, 0.6) is 0 Å². The van der Waals surface area contributed by atoms with Crippen LogP contribution >= 0.6 is 11.3 Å². The molecule has 1 N–H and O–H groups in total. The first-order valence-electron chi connectivity index (χ1n) is 8.69. The van der Waals surface area contributed by atoms with Gasteiger partial charge in [0.1, 0.15) is 9.88 Å². The van der Waals surface area contributed by atoms with Crippen LogP contribution in [0, 0.1) is 5.92 Å². The Balaban J connectivity index is 1.34. The quantitative estimate of drug-likeness (QED) is 0.908. The number of likely N-dealkylation sites (tertiary alicyclic amines) is 1. The number of amides is 1. The number of pyridine rings is 1. The minimum atomic E-state index is 0.107. The molecule has 0 radical (unpaired) electrons. The van der Waals surface area contributed by atoms with Crippen LogP contribution in [0.3, 0.4) is 0 Å². The van der Waals surface area contributed by atoms with E-state index in [-0.39, 0.29) is 5.91 Å². The van der Waals surface area contributed by atoms with Gasteiger partial charge in [0.15, 0.2) is 0 Å². The topological polar surface area (TPSA) is 58.1 Å². The molecule has 2 aliphatic rings. The largest absolute Gasteiger partial charge is 0.338 e. The van der Waals surface area contributed by atoms with Gasteiger partial charge in [-0.1, -0.05) is 6.07 Å². The Morgan fingerprint density at radius 2 is 2.04 bits per heavy atom. The maximum atomic E-state index is 12.7.